The van der Waals surface area contributed by atoms with E-state index in [9.17, 15) is 0 Å². The van der Waals surface area contributed by atoms with Crippen molar-refractivity contribution in [3.05, 3.63) is 77.1 Å². The summed E-state index contributed by atoms with van der Waals surface area (Å²) in [5.41, 5.74) is 7.81. The number of hydrogen-bond acceptors (Lipinski definition) is 5. The summed E-state index contributed by atoms with van der Waals surface area (Å²) in [4.78, 5) is 4.65. The van der Waals surface area contributed by atoms with Crippen molar-refractivity contribution in [1.29, 1.82) is 0 Å². The number of nitrogens with one attached hydrogen (secondary N) is 1. The van der Waals surface area contributed by atoms with Gasteiger partial charge in [-0.2, -0.15) is 0 Å². The highest BCUT2D eigenvalue weighted by molar-refractivity contribution is 5.85. The van der Waals surface area contributed by atoms with Crippen molar-refractivity contribution >= 4 is 12.4 Å². The number of ether oxygens (including phenoxy) is 1. The summed E-state index contributed by atoms with van der Waals surface area (Å²) >= 11 is 0. The zero-order chi connectivity index (χ0) is 19.6. The fraction of sp³-hybridized carbons (Fsp3) is 0.217. The molecule has 1 aliphatic rings. The molecule has 0 radical (unpaired) electrons. The van der Waals surface area contributed by atoms with Gasteiger partial charge in [-0.25, -0.2) is 5.10 Å². The van der Waals surface area contributed by atoms with Gasteiger partial charge in [-0.15, -0.1) is 17.5 Å². The smallest absolute Gasteiger partial charge is 0.180 e. The number of aromatic nitrogens is 5. The Balaban J connectivity index is 0.00000218. The van der Waals surface area contributed by atoms with Crippen molar-refractivity contribution < 1.29 is 4.74 Å². The second-order valence-electron chi connectivity index (χ2n) is 7.32. The van der Waals surface area contributed by atoms with Crippen molar-refractivity contribution in [3.63, 3.8) is 0 Å². The van der Waals surface area contributed by atoms with Crippen molar-refractivity contribution in [2.75, 3.05) is 0 Å². The number of H-pyrrole nitrogens is 1. The van der Waals surface area contributed by atoms with Gasteiger partial charge in [-0.3, -0.25) is 4.98 Å². The Morgan fingerprint density at radius 1 is 1.00 bits per heavy atom. The molecule has 1 N–H and O–H groups in total. The molecular weight excluding hydrogens is 398 g/mol. The highest BCUT2D eigenvalue weighted by atomic mass is 35.5. The number of halogens is 1. The van der Waals surface area contributed by atoms with E-state index >= 15 is 0 Å². The van der Waals surface area contributed by atoms with Crippen LogP contribution in [0.1, 0.15) is 28.9 Å². The molecule has 4 aromatic rings. The van der Waals surface area contributed by atoms with Crippen LogP contribution in [0.25, 0.3) is 22.5 Å². The lowest BCUT2D eigenvalue weighted by Gasteiger charge is -2.12. The highest BCUT2D eigenvalue weighted by Crippen LogP contribution is 2.32. The SMILES string of the molecule is Cc1cc(OCc2ccc(-c3ccccc3-c3nnn[nH]3)cc2)c2c(n1)CCC2.Cl. The Labute approximate surface area is 181 Å². The van der Waals surface area contributed by atoms with Crippen LogP contribution in [-0.4, -0.2) is 25.6 Å². The van der Waals surface area contributed by atoms with Gasteiger partial charge >= 0.3 is 0 Å². The van der Waals surface area contributed by atoms with Crippen LogP contribution in [0.4, 0.5) is 0 Å². The molecule has 5 rings (SSSR count). The molecule has 0 fully saturated rings. The van der Waals surface area contributed by atoms with Gasteiger partial charge in [0.15, 0.2) is 5.82 Å². The molecule has 152 valence electrons. The zero-order valence-electron chi connectivity index (χ0n) is 16.6. The number of aromatic amines is 1. The Kier molecular flexibility index (Phi) is 5.77. The third-order valence-corrected chi connectivity index (χ3v) is 5.32. The minimum Gasteiger partial charge on any atom is -0.488 e. The van der Waals surface area contributed by atoms with Gasteiger partial charge < -0.3 is 4.74 Å². The molecule has 2 heterocycles. The number of fused-ring (bicyclic) bond motifs is 1. The maximum atomic E-state index is 6.17. The monoisotopic (exact) mass is 419 g/mol. The molecule has 0 amide bonds. The summed E-state index contributed by atoms with van der Waals surface area (Å²) in [5, 5.41) is 14.3. The number of aryl methyl sites for hydroxylation is 2. The predicted octanol–water partition coefficient (Wildman–Crippen LogP) is 4.73. The third-order valence-electron chi connectivity index (χ3n) is 5.32. The minimum absolute atomic E-state index is 0. The van der Waals surface area contributed by atoms with Gasteiger partial charge in [0.05, 0.1) is 0 Å². The van der Waals surface area contributed by atoms with Gasteiger partial charge in [-0.05, 0) is 53.3 Å². The molecule has 0 aliphatic heterocycles. The Bertz CT molecular complexity index is 1140. The minimum atomic E-state index is 0. The predicted molar refractivity (Wildman–Crippen MR) is 118 cm³/mol. The average Bonchev–Trinajstić information content (AvgIpc) is 3.44. The summed E-state index contributed by atoms with van der Waals surface area (Å²) in [7, 11) is 0. The van der Waals surface area contributed by atoms with Crippen LogP contribution < -0.4 is 4.74 Å². The normalized spacial score (nSPS) is 12.3. The van der Waals surface area contributed by atoms with Gasteiger partial charge in [-0.1, -0.05) is 48.5 Å². The number of hydrogen-bond donors (Lipinski definition) is 1. The number of pyridine rings is 1. The van der Waals surface area contributed by atoms with Crippen molar-refractivity contribution in [2.45, 2.75) is 32.8 Å². The summed E-state index contributed by atoms with van der Waals surface area (Å²) in [6.45, 7) is 2.58. The summed E-state index contributed by atoms with van der Waals surface area (Å²) in [6.07, 6.45) is 3.28. The van der Waals surface area contributed by atoms with Gasteiger partial charge in [0.25, 0.3) is 0 Å². The van der Waals surface area contributed by atoms with E-state index in [1.165, 1.54) is 11.3 Å². The topological polar surface area (TPSA) is 76.6 Å². The van der Waals surface area contributed by atoms with E-state index in [-0.39, 0.29) is 12.4 Å². The van der Waals surface area contributed by atoms with E-state index in [0.717, 1.165) is 53.0 Å². The molecule has 7 heteroatoms. The van der Waals surface area contributed by atoms with E-state index in [1.807, 2.05) is 25.1 Å². The summed E-state index contributed by atoms with van der Waals surface area (Å²) in [6, 6.07) is 18.6. The fourth-order valence-electron chi connectivity index (χ4n) is 3.92. The molecule has 0 saturated carbocycles. The standard InChI is InChI=1S/C23H21N5O.ClH/c1-15-13-22(20-7-4-8-21(20)24-15)29-14-16-9-11-17(12-10-16)18-5-2-3-6-19(18)23-25-27-28-26-23;/h2-3,5-6,9-13H,4,7-8,14H2,1H3,(H,25,26,27,28);1H. The Morgan fingerprint density at radius 3 is 2.57 bits per heavy atom. The van der Waals surface area contributed by atoms with Gasteiger partial charge in [0.2, 0.25) is 0 Å². The van der Waals surface area contributed by atoms with E-state index in [2.05, 4.69) is 62.0 Å². The van der Waals surface area contributed by atoms with Crippen LogP contribution in [-0.2, 0) is 19.4 Å². The maximum absolute atomic E-state index is 6.17. The van der Waals surface area contributed by atoms with Crippen molar-refractivity contribution in [1.82, 2.24) is 25.6 Å². The molecular formula is C23H22ClN5O. The molecule has 0 spiro atoms. The first kappa shape index (κ1) is 20.0. The van der Waals surface area contributed by atoms with E-state index in [1.54, 1.807) is 0 Å². The second-order valence-corrected chi connectivity index (χ2v) is 7.32. The van der Waals surface area contributed by atoms with Crippen LogP contribution in [0.5, 0.6) is 5.75 Å². The highest BCUT2D eigenvalue weighted by Gasteiger charge is 2.18. The van der Waals surface area contributed by atoms with E-state index in [4.69, 9.17) is 4.74 Å². The van der Waals surface area contributed by atoms with Crippen LogP contribution in [0.2, 0.25) is 0 Å². The van der Waals surface area contributed by atoms with Gasteiger partial charge in [0, 0.05) is 28.6 Å². The van der Waals surface area contributed by atoms with Gasteiger partial charge in [0.1, 0.15) is 12.4 Å². The molecule has 0 saturated heterocycles. The molecule has 2 aromatic heterocycles. The molecule has 1 aliphatic carbocycles. The van der Waals surface area contributed by atoms with Crippen LogP contribution >= 0.6 is 12.4 Å². The van der Waals surface area contributed by atoms with Crippen molar-refractivity contribution in [3.8, 4) is 28.3 Å². The van der Waals surface area contributed by atoms with Crippen molar-refractivity contribution in [2.24, 2.45) is 0 Å². The first-order valence-corrected chi connectivity index (χ1v) is 9.82. The first-order valence-electron chi connectivity index (χ1n) is 9.82. The number of nitrogens with zero attached hydrogens (tertiary/aromatic N) is 4. The molecule has 0 atom stereocenters. The first-order chi connectivity index (χ1) is 14.3. The molecule has 6 nitrogen and oxygen atoms in total. The number of tetrazole rings is 1. The Hall–Kier alpha value is -3.25. The zero-order valence-corrected chi connectivity index (χ0v) is 17.4. The lowest BCUT2D eigenvalue weighted by atomic mass is 9.98. The largest absolute Gasteiger partial charge is 0.488 e. The third kappa shape index (κ3) is 3.91. The average molecular weight is 420 g/mol. The van der Waals surface area contributed by atoms with E-state index in [0.29, 0.717) is 12.4 Å². The molecule has 0 unspecified atom stereocenters. The van der Waals surface area contributed by atoms with E-state index < -0.39 is 0 Å². The number of rotatable bonds is 5. The quantitative estimate of drug-likeness (QED) is 0.506. The molecule has 0 bridgehead atoms. The summed E-state index contributed by atoms with van der Waals surface area (Å²) in [5.74, 6) is 1.65. The summed E-state index contributed by atoms with van der Waals surface area (Å²) < 4.78 is 6.17. The lowest BCUT2D eigenvalue weighted by molar-refractivity contribution is 0.302. The second kappa shape index (κ2) is 8.63. The number of benzene rings is 2. The maximum Gasteiger partial charge on any atom is 0.180 e. The van der Waals surface area contributed by atoms with Crippen LogP contribution in [0, 0.1) is 6.92 Å². The van der Waals surface area contributed by atoms with Crippen LogP contribution in [0.15, 0.2) is 54.6 Å². The molecule has 2 aromatic carbocycles. The lowest BCUT2D eigenvalue weighted by Crippen LogP contribution is -2.01. The fourth-order valence-corrected chi connectivity index (χ4v) is 3.92. The molecule has 30 heavy (non-hydrogen) atoms. The van der Waals surface area contributed by atoms with Crippen LogP contribution in [0.3, 0.4) is 0 Å². The Morgan fingerprint density at radius 2 is 1.80 bits per heavy atom.